The van der Waals surface area contributed by atoms with E-state index in [1.807, 2.05) is 0 Å². The third kappa shape index (κ3) is 4.88. The number of halogens is 3. The number of aliphatic hydroxyl groups is 1. The summed E-state index contributed by atoms with van der Waals surface area (Å²) < 4.78 is 40.3. The van der Waals surface area contributed by atoms with E-state index in [2.05, 4.69) is 20.3 Å². The van der Waals surface area contributed by atoms with Crippen molar-refractivity contribution < 1.29 is 28.7 Å². The SMILES string of the molecule is CC(C)(O)c1ccc(Nc2ncnc3c2CCN(c2ccc(N(O)O)c(C(F)(F)F)c2)C3)nc1. The number of aromatic nitrogens is 3. The van der Waals surface area contributed by atoms with E-state index in [-0.39, 0.29) is 12.2 Å². The molecule has 0 fully saturated rings. The van der Waals surface area contributed by atoms with Gasteiger partial charge in [-0.3, -0.25) is 10.4 Å². The second-order valence-electron chi connectivity index (χ2n) is 8.42. The highest BCUT2D eigenvalue weighted by Crippen LogP contribution is 2.39. The van der Waals surface area contributed by atoms with E-state index in [1.165, 1.54) is 12.4 Å². The van der Waals surface area contributed by atoms with Gasteiger partial charge >= 0.3 is 6.18 Å². The van der Waals surface area contributed by atoms with Gasteiger partial charge in [0.1, 0.15) is 23.7 Å². The Morgan fingerprint density at radius 2 is 1.82 bits per heavy atom. The van der Waals surface area contributed by atoms with E-state index in [4.69, 9.17) is 10.4 Å². The second-order valence-corrected chi connectivity index (χ2v) is 8.42. The van der Waals surface area contributed by atoms with Gasteiger partial charge in [-0.2, -0.15) is 13.2 Å². The summed E-state index contributed by atoms with van der Waals surface area (Å²) in [7, 11) is 0. The average Bonchev–Trinajstić information content (AvgIpc) is 2.77. The fourth-order valence-corrected chi connectivity index (χ4v) is 3.76. The first-order valence-corrected chi connectivity index (χ1v) is 10.4. The molecule has 3 aromatic rings. The molecule has 0 amide bonds. The normalized spacial score (nSPS) is 14.1. The predicted molar refractivity (Wildman–Crippen MR) is 117 cm³/mol. The van der Waals surface area contributed by atoms with Crippen LogP contribution in [0.4, 0.5) is 36.2 Å². The maximum absolute atomic E-state index is 13.4. The molecule has 3 heterocycles. The van der Waals surface area contributed by atoms with Crippen molar-refractivity contribution in [2.75, 3.05) is 22.0 Å². The minimum absolute atomic E-state index is 0.246. The molecule has 4 rings (SSSR count). The van der Waals surface area contributed by atoms with Crippen molar-refractivity contribution in [1.82, 2.24) is 15.0 Å². The Kier molecular flexibility index (Phi) is 6.06. The molecule has 2 aromatic heterocycles. The standard InChI is InChI=1S/C22H23F3N6O3/c1-21(2,32)13-3-6-19(26-10-13)29-20-15-7-8-30(11-17(15)27-12-28-20)14-4-5-18(31(33)34)16(9-14)22(23,24)25/h3-6,9-10,12,32-34H,7-8,11H2,1-2H3,(H,26,27,28,29). The lowest BCUT2D eigenvalue weighted by Crippen LogP contribution is -2.32. The highest BCUT2D eigenvalue weighted by atomic mass is 19.4. The van der Waals surface area contributed by atoms with E-state index in [1.54, 1.807) is 37.1 Å². The molecule has 180 valence electrons. The van der Waals surface area contributed by atoms with Crippen LogP contribution in [0.15, 0.2) is 42.9 Å². The first-order chi connectivity index (χ1) is 15.9. The molecular formula is C22H23F3N6O3. The Balaban J connectivity index is 1.57. The monoisotopic (exact) mass is 476 g/mol. The van der Waals surface area contributed by atoms with E-state index in [0.717, 1.165) is 17.7 Å². The first kappa shape index (κ1) is 23.7. The van der Waals surface area contributed by atoms with Crippen LogP contribution >= 0.6 is 0 Å². The van der Waals surface area contributed by atoms with Gasteiger partial charge in [-0.25, -0.2) is 15.0 Å². The molecule has 0 atom stereocenters. The number of nitrogens with one attached hydrogen (secondary N) is 1. The van der Waals surface area contributed by atoms with Gasteiger partial charge < -0.3 is 15.3 Å². The first-order valence-electron chi connectivity index (χ1n) is 10.4. The van der Waals surface area contributed by atoms with Crippen LogP contribution in [0.25, 0.3) is 0 Å². The molecule has 4 N–H and O–H groups in total. The summed E-state index contributed by atoms with van der Waals surface area (Å²) in [5.74, 6) is 1.08. The van der Waals surface area contributed by atoms with Crippen LogP contribution < -0.4 is 15.4 Å². The molecule has 9 nitrogen and oxygen atoms in total. The summed E-state index contributed by atoms with van der Waals surface area (Å²) in [6.45, 7) is 3.98. The van der Waals surface area contributed by atoms with Crippen LogP contribution in [0.1, 0.15) is 36.2 Å². The Morgan fingerprint density at radius 1 is 1.06 bits per heavy atom. The molecular weight excluding hydrogens is 453 g/mol. The zero-order valence-electron chi connectivity index (χ0n) is 18.4. The Morgan fingerprint density at radius 3 is 2.44 bits per heavy atom. The van der Waals surface area contributed by atoms with Gasteiger partial charge in [0.25, 0.3) is 0 Å². The second kappa shape index (κ2) is 8.70. The number of pyridine rings is 1. The smallest absolute Gasteiger partial charge is 0.386 e. The maximum Gasteiger partial charge on any atom is 0.418 e. The van der Waals surface area contributed by atoms with Crippen LogP contribution in [-0.4, -0.2) is 37.0 Å². The quantitative estimate of drug-likeness (QED) is 0.405. The predicted octanol–water partition coefficient (Wildman–Crippen LogP) is 4.01. The molecule has 0 unspecified atom stereocenters. The zero-order valence-corrected chi connectivity index (χ0v) is 18.4. The van der Waals surface area contributed by atoms with E-state index in [9.17, 15) is 18.3 Å². The van der Waals surface area contributed by atoms with Crippen molar-refractivity contribution in [2.45, 2.75) is 38.6 Å². The number of rotatable bonds is 5. The summed E-state index contributed by atoms with van der Waals surface area (Å²) in [6.07, 6.45) is -1.36. The van der Waals surface area contributed by atoms with Gasteiger partial charge in [-0.05, 0) is 44.5 Å². The lowest BCUT2D eigenvalue weighted by molar-refractivity contribution is -0.138. The lowest BCUT2D eigenvalue weighted by Gasteiger charge is -2.31. The number of benzene rings is 1. The lowest BCUT2D eigenvalue weighted by atomic mass is 10.0. The fraction of sp³-hybridized carbons (Fsp3) is 0.318. The molecule has 0 saturated carbocycles. The van der Waals surface area contributed by atoms with E-state index < -0.39 is 28.3 Å². The number of nitrogens with zero attached hydrogens (tertiary/aromatic N) is 5. The van der Waals surface area contributed by atoms with Crippen molar-refractivity contribution in [3.05, 3.63) is 65.2 Å². The average molecular weight is 476 g/mol. The number of hydrogen-bond acceptors (Lipinski definition) is 9. The van der Waals surface area contributed by atoms with Crippen molar-refractivity contribution in [3.8, 4) is 0 Å². The zero-order chi connectivity index (χ0) is 24.7. The van der Waals surface area contributed by atoms with Crippen LogP contribution in [0.2, 0.25) is 0 Å². The van der Waals surface area contributed by atoms with Gasteiger partial charge in [0.05, 0.1) is 23.4 Å². The molecule has 0 spiro atoms. The Labute approximate surface area is 193 Å². The van der Waals surface area contributed by atoms with E-state index >= 15 is 0 Å². The molecule has 1 aliphatic heterocycles. The summed E-state index contributed by atoms with van der Waals surface area (Å²) in [4.78, 5) is 14.6. The van der Waals surface area contributed by atoms with Crippen LogP contribution in [0.3, 0.4) is 0 Å². The van der Waals surface area contributed by atoms with Gasteiger partial charge in [0.2, 0.25) is 0 Å². The molecule has 1 aliphatic rings. The highest BCUT2D eigenvalue weighted by molar-refractivity contribution is 5.63. The molecule has 0 bridgehead atoms. The number of anilines is 4. The molecule has 0 saturated heterocycles. The molecule has 12 heteroatoms. The number of hydrogen-bond donors (Lipinski definition) is 4. The molecule has 0 aliphatic carbocycles. The Hall–Kier alpha value is -3.48. The van der Waals surface area contributed by atoms with E-state index in [0.29, 0.717) is 35.9 Å². The Bertz CT molecular complexity index is 1180. The third-order valence-electron chi connectivity index (χ3n) is 5.59. The topological polar surface area (TPSA) is 118 Å². The van der Waals surface area contributed by atoms with Crippen molar-refractivity contribution >= 4 is 23.0 Å². The van der Waals surface area contributed by atoms with Gasteiger partial charge in [-0.15, -0.1) is 5.23 Å². The summed E-state index contributed by atoms with van der Waals surface area (Å²) in [5, 5.41) is 31.0. The van der Waals surface area contributed by atoms with Crippen molar-refractivity contribution in [1.29, 1.82) is 0 Å². The highest BCUT2D eigenvalue weighted by Gasteiger charge is 2.36. The number of fused-ring (bicyclic) bond motifs is 1. The van der Waals surface area contributed by atoms with Gasteiger partial charge in [-0.1, -0.05) is 6.07 Å². The maximum atomic E-state index is 13.4. The van der Waals surface area contributed by atoms with Gasteiger partial charge in [0, 0.05) is 29.6 Å². The largest absolute Gasteiger partial charge is 0.418 e. The summed E-state index contributed by atoms with van der Waals surface area (Å²) in [5.41, 5.74) is -0.511. The molecule has 0 radical (unpaired) electrons. The molecule has 1 aromatic carbocycles. The van der Waals surface area contributed by atoms with Gasteiger partial charge in [0.15, 0.2) is 0 Å². The fourth-order valence-electron chi connectivity index (χ4n) is 3.76. The van der Waals surface area contributed by atoms with Crippen molar-refractivity contribution in [2.24, 2.45) is 0 Å². The summed E-state index contributed by atoms with van der Waals surface area (Å²) in [6, 6.07) is 6.76. The third-order valence-corrected chi connectivity index (χ3v) is 5.59. The number of alkyl halides is 3. The van der Waals surface area contributed by atoms with Crippen LogP contribution in [-0.2, 0) is 24.7 Å². The minimum Gasteiger partial charge on any atom is -0.386 e. The summed E-state index contributed by atoms with van der Waals surface area (Å²) >= 11 is 0. The minimum atomic E-state index is -4.77. The van der Waals surface area contributed by atoms with Crippen molar-refractivity contribution in [3.63, 3.8) is 0 Å². The molecule has 34 heavy (non-hydrogen) atoms. The van der Waals surface area contributed by atoms with Crippen LogP contribution in [0.5, 0.6) is 0 Å². The van der Waals surface area contributed by atoms with Crippen LogP contribution in [0, 0.1) is 0 Å².